The van der Waals surface area contributed by atoms with Gasteiger partial charge in [-0.1, -0.05) is 0 Å². The van der Waals surface area contributed by atoms with Crippen LogP contribution in [0.2, 0.25) is 0 Å². The Balaban J connectivity index is 1.52. The van der Waals surface area contributed by atoms with Crippen LogP contribution < -0.4 is 10.1 Å². The molecule has 0 aliphatic carbocycles. The summed E-state index contributed by atoms with van der Waals surface area (Å²) < 4.78 is 58.1. The van der Waals surface area contributed by atoms with Crippen molar-refractivity contribution in [3.8, 4) is 17.0 Å². The van der Waals surface area contributed by atoms with E-state index in [0.717, 1.165) is 24.2 Å². The van der Waals surface area contributed by atoms with Crippen LogP contribution in [0.3, 0.4) is 0 Å². The topological polar surface area (TPSA) is 93.1 Å². The van der Waals surface area contributed by atoms with Crippen molar-refractivity contribution < 1.29 is 27.1 Å². The minimum Gasteiger partial charge on any atom is -0.481 e. The van der Waals surface area contributed by atoms with E-state index in [-0.39, 0.29) is 17.4 Å². The zero-order valence-corrected chi connectivity index (χ0v) is 22.4. The molecule has 0 radical (unpaired) electrons. The molecule has 3 aromatic heterocycles. The lowest BCUT2D eigenvalue weighted by Gasteiger charge is -2.40. The van der Waals surface area contributed by atoms with Gasteiger partial charge in [-0.25, -0.2) is 24.3 Å². The Morgan fingerprint density at radius 1 is 1.21 bits per heavy atom. The number of likely N-dealkylation sites (N-methyl/N-ethyl adjacent to an activating group) is 1. The monoisotopic (exact) mass is 546 g/mol. The van der Waals surface area contributed by atoms with Gasteiger partial charge in [0.05, 0.1) is 24.8 Å². The molecule has 0 bridgehead atoms. The summed E-state index contributed by atoms with van der Waals surface area (Å²) in [5.74, 6) is -1.84. The van der Waals surface area contributed by atoms with Crippen LogP contribution in [0.5, 0.6) is 5.88 Å². The predicted octanol–water partition coefficient (Wildman–Crippen LogP) is 5.18. The van der Waals surface area contributed by atoms with Crippen LogP contribution in [0.15, 0.2) is 30.7 Å². The zero-order valence-electron chi connectivity index (χ0n) is 22.4. The van der Waals surface area contributed by atoms with Crippen molar-refractivity contribution in [3.05, 3.63) is 59.2 Å². The number of carbonyl (C=O) groups is 1. The fourth-order valence-electron chi connectivity index (χ4n) is 4.78. The van der Waals surface area contributed by atoms with Crippen LogP contribution in [-0.4, -0.2) is 56.5 Å². The molecule has 208 valence electrons. The summed E-state index contributed by atoms with van der Waals surface area (Å²) in [5, 5.41) is 3.46. The van der Waals surface area contributed by atoms with Gasteiger partial charge in [0.2, 0.25) is 17.6 Å². The van der Waals surface area contributed by atoms with E-state index in [1.165, 1.54) is 13.2 Å². The molecule has 1 amide bonds. The maximum absolute atomic E-state index is 14.5. The second-order valence-corrected chi connectivity index (χ2v) is 9.93. The standard InChI is InChI=1S/C27H30F4N6O2/c1-6-37(24(38)15(2)19-10-22(39-5)32-13-21(19)28)14-26(4)8-7-17-9-20(16(3)35-23(17)36-26)18-11-33-25(34-12-18)27(29,30)31/h9-13,15H,6-8,14H2,1-5H3,(H,35,36)/t15-,26-/m1/s1. The number of nitrogens with one attached hydrogen (secondary N) is 1. The molecule has 0 fully saturated rings. The molecule has 8 nitrogen and oxygen atoms in total. The number of aromatic nitrogens is 4. The van der Waals surface area contributed by atoms with Crippen molar-refractivity contribution in [1.82, 2.24) is 24.8 Å². The number of alkyl halides is 3. The van der Waals surface area contributed by atoms with Crippen LogP contribution in [0.25, 0.3) is 11.1 Å². The Hall–Kier alpha value is -3.83. The predicted molar refractivity (Wildman–Crippen MR) is 137 cm³/mol. The number of ether oxygens (including phenoxy) is 1. The summed E-state index contributed by atoms with van der Waals surface area (Å²) in [7, 11) is 1.43. The molecule has 3 aromatic rings. The van der Waals surface area contributed by atoms with Crippen LogP contribution >= 0.6 is 0 Å². The van der Waals surface area contributed by atoms with E-state index in [1.54, 1.807) is 18.7 Å². The molecule has 1 N–H and O–H groups in total. The number of amides is 1. The molecule has 0 unspecified atom stereocenters. The number of carbonyl (C=O) groups excluding carboxylic acids is 1. The van der Waals surface area contributed by atoms with Gasteiger partial charge in [-0.3, -0.25) is 4.79 Å². The number of anilines is 1. The Bertz CT molecular complexity index is 1370. The second kappa shape index (κ2) is 10.7. The van der Waals surface area contributed by atoms with Gasteiger partial charge in [0, 0.05) is 53.9 Å². The first-order valence-corrected chi connectivity index (χ1v) is 12.5. The first-order chi connectivity index (χ1) is 18.3. The number of aryl methyl sites for hydroxylation is 2. The number of pyridine rings is 2. The highest BCUT2D eigenvalue weighted by Gasteiger charge is 2.36. The van der Waals surface area contributed by atoms with Crippen molar-refractivity contribution in [2.45, 2.75) is 58.2 Å². The lowest BCUT2D eigenvalue weighted by molar-refractivity contribution is -0.145. The average Bonchev–Trinajstić information content (AvgIpc) is 2.90. The number of fused-ring (bicyclic) bond motifs is 1. The van der Waals surface area contributed by atoms with Gasteiger partial charge in [-0.2, -0.15) is 13.2 Å². The first kappa shape index (κ1) is 28.2. The Morgan fingerprint density at radius 3 is 2.51 bits per heavy atom. The van der Waals surface area contributed by atoms with E-state index >= 15 is 0 Å². The van der Waals surface area contributed by atoms with Gasteiger partial charge in [-0.05, 0) is 52.2 Å². The fraction of sp³-hybridized carbons (Fsp3) is 0.444. The van der Waals surface area contributed by atoms with Gasteiger partial charge in [0.15, 0.2) is 0 Å². The summed E-state index contributed by atoms with van der Waals surface area (Å²) in [4.78, 5) is 30.5. The number of rotatable bonds is 7. The Morgan fingerprint density at radius 2 is 1.90 bits per heavy atom. The van der Waals surface area contributed by atoms with Crippen molar-refractivity contribution in [3.63, 3.8) is 0 Å². The third-order valence-corrected chi connectivity index (χ3v) is 7.01. The molecule has 0 aromatic carbocycles. The lowest BCUT2D eigenvalue weighted by atomic mass is 9.87. The largest absolute Gasteiger partial charge is 0.481 e. The van der Waals surface area contributed by atoms with Crippen molar-refractivity contribution in [1.29, 1.82) is 0 Å². The third-order valence-electron chi connectivity index (χ3n) is 7.01. The van der Waals surface area contributed by atoms with E-state index in [9.17, 15) is 22.4 Å². The molecule has 1 aliphatic heterocycles. The average molecular weight is 547 g/mol. The summed E-state index contributed by atoms with van der Waals surface area (Å²) in [6.07, 6.45) is 0.0516. The van der Waals surface area contributed by atoms with Crippen molar-refractivity contribution >= 4 is 11.7 Å². The molecule has 12 heteroatoms. The summed E-state index contributed by atoms with van der Waals surface area (Å²) in [6.45, 7) is 8.09. The summed E-state index contributed by atoms with van der Waals surface area (Å²) in [6, 6.07) is 3.33. The molecular weight excluding hydrogens is 516 g/mol. The van der Waals surface area contributed by atoms with E-state index < -0.39 is 29.3 Å². The summed E-state index contributed by atoms with van der Waals surface area (Å²) in [5.41, 5.74) is 2.32. The quantitative estimate of drug-likeness (QED) is 0.409. The van der Waals surface area contributed by atoms with Crippen LogP contribution in [0.1, 0.15) is 55.8 Å². The lowest BCUT2D eigenvalue weighted by Crippen LogP contribution is -2.51. The SMILES string of the molecule is CCN(C[C@@]1(C)CCc2cc(-c3cnc(C(F)(F)F)nc3)c(C)nc2N1)C(=O)[C@H](C)c1cc(OC)ncc1F. The molecular formula is C27H30F4N6O2. The molecule has 4 heterocycles. The van der Waals surface area contributed by atoms with Crippen LogP contribution in [0, 0.1) is 12.7 Å². The first-order valence-electron chi connectivity index (χ1n) is 12.5. The van der Waals surface area contributed by atoms with Crippen molar-refractivity contribution in [2.24, 2.45) is 0 Å². The highest BCUT2D eigenvalue weighted by atomic mass is 19.4. The molecule has 0 saturated carbocycles. The van der Waals surface area contributed by atoms with Crippen LogP contribution in [0.4, 0.5) is 23.4 Å². The smallest absolute Gasteiger partial charge is 0.451 e. The molecule has 1 aliphatic rings. The minimum absolute atomic E-state index is 0.217. The number of methoxy groups -OCH3 is 1. The zero-order chi connectivity index (χ0) is 28.5. The number of nitrogens with zero attached hydrogens (tertiary/aromatic N) is 5. The number of halogens is 4. The highest BCUT2D eigenvalue weighted by Crippen LogP contribution is 2.35. The van der Waals surface area contributed by atoms with E-state index in [1.807, 2.05) is 19.9 Å². The molecule has 4 rings (SSSR count). The van der Waals surface area contributed by atoms with Gasteiger partial charge in [0.25, 0.3) is 0 Å². The molecule has 0 saturated heterocycles. The van der Waals surface area contributed by atoms with E-state index in [2.05, 4.69) is 25.3 Å². The maximum atomic E-state index is 14.5. The van der Waals surface area contributed by atoms with Gasteiger partial charge in [-0.15, -0.1) is 0 Å². The van der Waals surface area contributed by atoms with Gasteiger partial charge < -0.3 is 15.0 Å². The Kier molecular flexibility index (Phi) is 7.76. The number of hydrogen-bond donors (Lipinski definition) is 1. The third kappa shape index (κ3) is 5.94. The molecule has 0 spiro atoms. The Labute approximate surface area is 223 Å². The van der Waals surface area contributed by atoms with Crippen LogP contribution in [-0.2, 0) is 17.4 Å². The molecule has 39 heavy (non-hydrogen) atoms. The second-order valence-electron chi connectivity index (χ2n) is 9.93. The fourth-order valence-corrected chi connectivity index (χ4v) is 4.78. The maximum Gasteiger partial charge on any atom is 0.451 e. The van der Waals surface area contributed by atoms with Gasteiger partial charge in [0.1, 0.15) is 11.6 Å². The summed E-state index contributed by atoms with van der Waals surface area (Å²) >= 11 is 0. The van der Waals surface area contributed by atoms with E-state index in [4.69, 9.17) is 4.74 Å². The minimum atomic E-state index is -4.61. The number of hydrogen-bond acceptors (Lipinski definition) is 7. The highest BCUT2D eigenvalue weighted by molar-refractivity contribution is 5.83. The normalized spacial score (nSPS) is 17.7. The molecule has 2 atom stereocenters. The van der Waals surface area contributed by atoms with Gasteiger partial charge >= 0.3 is 6.18 Å². The van der Waals surface area contributed by atoms with Crippen molar-refractivity contribution in [2.75, 3.05) is 25.5 Å². The van der Waals surface area contributed by atoms with E-state index in [0.29, 0.717) is 48.6 Å².